The lowest BCUT2D eigenvalue weighted by molar-refractivity contribution is -0.110. The fourth-order valence-electron chi connectivity index (χ4n) is 7.31. The van der Waals surface area contributed by atoms with Crippen molar-refractivity contribution in [2.75, 3.05) is 0 Å². The molecule has 0 aliphatic heterocycles. The van der Waals surface area contributed by atoms with Crippen LogP contribution in [0.3, 0.4) is 0 Å². The Bertz CT molecular complexity index is 334. The molecule has 2 atom stereocenters. The topological polar surface area (TPSA) is 20.2 Å². The largest absolute Gasteiger partial charge is 0.389 e. The first kappa shape index (κ1) is 10.7. The molecule has 1 heteroatoms. The van der Waals surface area contributed by atoms with E-state index in [0.29, 0.717) is 11.8 Å². The summed E-state index contributed by atoms with van der Waals surface area (Å²) in [6.07, 6.45) is 12.9. The summed E-state index contributed by atoms with van der Waals surface area (Å²) in [5.41, 5.74) is -0.181. The van der Waals surface area contributed by atoms with Crippen molar-refractivity contribution < 1.29 is 5.11 Å². The minimum Gasteiger partial charge on any atom is -0.389 e. The van der Waals surface area contributed by atoms with Crippen LogP contribution in [0.2, 0.25) is 0 Å². The van der Waals surface area contributed by atoms with Crippen molar-refractivity contribution in [2.24, 2.45) is 41.4 Å². The number of rotatable bonds is 1. The summed E-state index contributed by atoms with van der Waals surface area (Å²) in [5.74, 6) is 6.08. The van der Waals surface area contributed by atoms with E-state index in [1.54, 1.807) is 0 Å². The van der Waals surface area contributed by atoms with E-state index in [-0.39, 0.29) is 5.60 Å². The zero-order valence-corrected chi connectivity index (χ0v) is 11.4. The lowest BCUT2D eigenvalue weighted by atomic mass is 9.50. The van der Waals surface area contributed by atoms with Crippen LogP contribution in [0, 0.1) is 41.4 Å². The molecule has 6 fully saturated rings. The van der Waals surface area contributed by atoms with Gasteiger partial charge >= 0.3 is 0 Å². The predicted octanol–water partition coefficient (Wildman–Crippen LogP) is 3.61. The number of fused-ring (bicyclic) bond motifs is 1. The smallest absolute Gasteiger partial charge is 0.0744 e. The molecule has 6 saturated carbocycles. The van der Waals surface area contributed by atoms with Crippen molar-refractivity contribution in [3.8, 4) is 0 Å². The Morgan fingerprint density at radius 2 is 1.22 bits per heavy atom. The third-order valence-corrected chi connectivity index (χ3v) is 7.61. The normalized spacial score (nSPS) is 64.8. The molecule has 6 aliphatic carbocycles. The molecule has 18 heavy (non-hydrogen) atoms. The second-order valence-electron chi connectivity index (χ2n) is 8.34. The van der Waals surface area contributed by atoms with Crippen LogP contribution in [0.5, 0.6) is 0 Å². The highest BCUT2D eigenvalue weighted by molar-refractivity contribution is 5.20. The van der Waals surface area contributed by atoms with Gasteiger partial charge in [0.25, 0.3) is 0 Å². The highest BCUT2D eigenvalue weighted by Gasteiger charge is 2.71. The Morgan fingerprint density at radius 3 is 1.72 bits per heavy atom. The summed E-state index contributed by atoms with van der Waals surface area (Å²) in [4.78, 5) is 0. The molecular formula is C17H26O. The number of hydrogen-bond donors (Lipinski definition) is 1. The molecule has 100 valence electrons. The Hall–Kier alpha value is -0.0400. The second kappa shape index (κ2) is 3.34. The quantitative estimate of drug-likeness (QED) is 0.749. The fraction of sp³-hybridized carbons (Fsp3) is 1.00. The molecule has 0 saturated heterocycles. The Morgan fingerprint density at radius 1 is 0.722 bits per heavy atom. The van der Waals surface area contributed by atoms with Crippen LogP contribution in [-0.2, 0) is 0 Å². The van der Waals surface area contributed by atoms with Crippen LogP contribution in [0.15, 0.2) is 0 Å². The van der Waals surface area contributed by atoms with E-state index >= 15 is 0 Å². The zero-order valence-electron chi connectivity index (χ0n) is 11.4. The first-order valence-electron chi connectivity index (χ1n) is 8.49. The van der Waals surface area contributed by atoms with E-state index in [4.69, 9.17) is 0 Å². The summed E-state index contributed by atoms with van der Waals surface area (Å²) in [5, 5.41) is 11.3. The van der Waals surface area contributed by atoms with Crippen molar-refractivity contribution in [1.29, 1.82) is 0 Å². The Labute approximate surface area is 110 Å². The molecule has 6 aliphatic rings. The Kier molecular flexibility index (Phi) is 1.99. The van der Waals surface area contributed by atoms with Gasteiger partial charge in [-0.15, -0.1) is 0 Å². The molecular weight excluding hydrogens is 220 g/mol. The third kappa shape index (κ3) is 1.18. The van der Waals surface area contributed by atoms with E-state index in [1.165, 1.54) is 57.8 Å². The minimum atomic E-state index is -0.181. The van der Waals surface area contributed by atoms with Gasteiger partial charge in [-0.3, -0.25) is 0 Å². The van der Waals surface area contributed by atoms with Crippen LogP contribution in [-0.4, -0.2) is 10.7 Å². The molecule has 0 spiro atoms. The minimum absolute atomic E-state index is 0.181. The lowest BCUT2D eigenvalue weighted by Gasteiger charge is -2.56. The van der Waals surface area contributed by atoms with Crippen LogP contribution >= 0.6 is 0 Å². The SMILES string of the molecule is OC1(C2C3CC4CC(C3)CC2C4)C2CCCCC21. The van der Waals surface area contributed by atoms with Gasteiger partial charge in [-0.2, -0.15) is 0 Å². The van der Waals surface area contributed by atoms with E-state index in [1.807, 2.05) is 0 Å². The molecule has 0 aromatic carbocycles. The van der Waals surface area contributed by atoms with Crippen molar-refractivity contribution in [2.45, 2.75) is 63.4 Å². The molecule has 0 heterocycles. The van der Waals surface area contributed by atoms with Gasteiger partial charge in [0.05, 0.1) is 5.60 Å². The Balaban J connectivity index is 1.47. The van der Waals surface area contributed by atoms with Crippen molar-refractivity contribution >= 4 is 0 Å². The summed E-state index contributed by atoms with van der Waals surface area (Å²) in [6.45, 7) is 0. The van der Waals surface area contributed by atoms with Gasteiger partial charge in [0.1, 0.15) is 0 Å². The molecule has 1 nitrogen and oxygen atoms in total. The van der Waals surface area contributed by atoms with E-state index in [0.717, 1.165) is 29.6 Å². The molecule has 0 aromatic heterocycles. The maximum atomic E-state index is 11.3. The number of aliphatic hydroxyl groups is 1. The average molecular weight is 246 g/mol. The first-order valence-corrected chi connectivity index (χ1v) is 8.49. The van der Waals surface area contributed by atoms with Gasteiger partial charge < -0.3 is 5.11 Å². The summed E-state index contributed by atoms with van der Waals surface area (Å²) in [6, 6.07) is 0. The molecule has 2 unspecified atom stereocenters. The van der Waals surface area contributed by atoms with Gasteiger partial charge in [0.2, 0.25) is 0 Å². The molecule has 0 aromatic rings. The van der Waals surface area contributed by atoms with Gasteiger partial charge in [-0.25, -0.2) is 0 Å². The summed E-state index contributed by atoms with van der Waals surface area (Å²) < 4.78 is 0. The second-order valence-corrected chi connectivity index (χ2v) is 8.34. The molecule has 6 rings (SSSR count). The molecule has 0 radical (unpaired) electrons. The van der Waals surface area contributed by atoms with Gasteiger partial charge in [-0.1, -0.05) is 12.8 Å². The third-order valence-electron chi connectivity index (χ3n) is 7.61. The molecule has 1 N–H and O–H groups in total. The zero-order chi connectivity index (χ0) is 11.9. The average Bonchev–Trinajstić information content (AvgIpc) is 2.95. The summed E-state index contributed by atoms with van der Waals surface area (Å²) >= 11 is 0. The summed E-state index contributed by atoms with van der Waals surface area (Å²) in [7, 11) is 0. The predicted molar refractivity (Wildman–Crippen MR) is 70.9 cm³/mol. The van der Waals surface area contributed by atoms with Crippen LogP contribution in [0.25, 0.3) is 0 Å². The van der Waals surface area contributed by atoms with Crippen molar-refractivity contribution in [3.05, 3.63) is 0 Å². The molecule has 4 bridgehead atoms. The van der Waals surface area contributed by atoms with E-state index in [9.17, 15) is 5.11 Å². The van der Waals surface area contributed by atoms with Crippen LogP contribution in [0.4, 0.5) is 0 Å². The first-order chi connectivity index (χ1) is 8.77. The lowest BCUT2D eigenvalue weighted by Crippen LogP contribution is -2.51. The van der Waals surface area contributed by atoms with Crippen LogP contribution in [0.1, 0.15) is 57.8 Å². The van der Waals surface area contributed by atoms with Gasteiger partial charge in [0.15, 0.2) is 0 Å². The highest BCUT2D eigenvalue weighted by atomic mass is 16.3. The highest BCUT2D eigenvalue weighted by Crippen LogP contribution is 2.70. The van der Waals surface area contributed by atoms with Crippen LogP contribution < -0.4 is 0 Å². The van der Waals surface area contributed by atoms with Crippen molar-refractivity contribution in [1.82, 2.24) is 0 Å². The van der Waals surface area contributed by atoms with Crippen molar-refractivity contribution in [3.63, 3.8) is 0 Å². The standard InChI is InChI=1S/C17H26O/c18-17(14-3-1-2-4-15(14)17)16-12-6-10-5-11(8-12)9-13(16)7-10/h10-16,18H,1-9H2. The fourth-order valence-corrected chi connectivity index (χ4v) is 7.31. The van der Waals surface area contributed by atoms with E-state index < -0.39 is 0 Å². The maximum Gasteiger partial charge on any atom is 0.0744 e. The van der Waals surface area contributed by atoms with Gasteiger partial charge in [-0.05, 0) is 86.4 Å². The van der Waals surface area contributed by atoms with Gasteiger partial charge in [0, 0.05) is 0 Å². The number of hydrogen-bond acceptors (Lipinski definition) is 1. The monoisotopic (exact) mass is 246 g/mol. The van der Waals surface area contributed by atoms with E-state index in [2.05, 4.69) is 0 Å². The molecule has 0 amide bonds. The maximum absolute atomic E-state index is 11.3.